The van der Waals surface area contributed by atoms with Crippen LogP contribution in [0.3, 0.4) is 0 Å². The summed E-state index contributed by atoms with van der Waals surface area (Å²) in [7, 11) is 1.60. The van der Waals surface area contributed by atoms with Crippen molar-refractivity contribution >= 4 is 22.8 Å². The van der Waals surface area contributed by atoms with E-state index in [1.165, 1.54) is 19.2 Å². The molecule has 2 heterocycles. The van der Waals surface area contributed by atoms with Crippen LogP contribution in [0, 0.1) is 0 Å². The van der Waals surface area contributed by atoms with Crippen molar-refractivity contribution in [2.75, 3.05) is 13.0 Å². The molecule has 0 spiro atoms. The van der Waals surface area contributed by atoms with Crippen LogP contribution in [0.1, 0.15) is 24.7 Å². The molecule has 17 heavy (non-hydrogen) atoms. The SMILES string of the molecule is COc1ncnc2c1nc(CCCl)n2C1CC1. The maximum atomic E-state index is 5.81. The van der Waals surface area contributed by atoms with Gasteiger partial charge in [0, 0.05) is 18.3 Å². The van der Waals surface area contributed by atoms with Crippen molar-refractivity contribution in [2.24, 2.45) is 0 Å². The molecule has 5 nitrogen and oxygen atoms in total. The minimum absolute atomic E-state index is 0.526. The predicted molar refractivity (Wildman–Crippen MR) is 64.6 cm³/mol. The van der Waals surface area contributed by atoms with E-state index in [1.807, 2.05) is 0 Å². The topological polar surface area (TPSA) is 52.8 Å². The van der Waals surface area contributed by atoms with Crippen molar-refractivity contribution in [1.29, 1.82) is 0 Å². The fourth-order valence-electron chi connectivity index (χ4n) is 2.06. The van der Waals surface area contributed by atoms with Crippen LogP contribution in [0.15, 0.2) is 6.33 Å². The van der Waals surface area contributed by atoms with Crippen LogP contribution in [-0.4, -0.2) is 32.5 Å². The molecule has 1 fully saturated rings. The highest BCUT2D eigenvalue weighted by Crippen LogP contribution is 2.39. The molecule has 1 aliphatic carbocycles. The lowest BCUT2D eigenvalue weighted by Gasteiger charge is -2.04. The van der Waals surface area contributed by atoms with Gasteiger partial charge in [-0.05, 0) is 12.8 Å². The number of methoxy groups -OCH3 is 1. The minimum Gasteiger partial charge on any atom is -0.479 e. The van der Waals surface area contributed by atoms with E-state index >= 15 is 0 Å². The Labute approximate surface area is 104 Å². The van der Waals surface area contributed by atoms with E-state index in [-0.39, 0.29) is 0 Å². The molecule has 0 radical (unpaired) electrons. The van der Waals surface area contributed by atoms with Gasteiger partial charge in [-0.15, -0.1) is 11.6 Å². The number of imidazole rings is 1. The first kappa shape index (κ1) is 10.8. The second-order valence-corrected chi connectivity index (χ2v) is 4.50. The summed E-state index contributed by atoms with van der Waals surface area (Å²) in [5.41, 5.74) is 1.60. The van der Waals surface area contributed by atoms with E-state index in [9.17, 15) is 0 Å². The van der Waals surface area contributed by atoms with Crippen molar-refractivity contribution < 1.29 is 4.74 Å². The average molecular weight is 253 g/mol. The Morgan fingerprint density at radius 1 is 1.47 bits per heavy atom. The van der Waals surface area contributed by atoms with Gasteiger partial charge in [-0.2, -0.15) is 4.98 Å². The van der Waals surface area contributed by atoms with Gasteiger partial charge in [-0.25, -0.2) is 9.97 Å². The van der Waals surface area contributed by atoms with Crippen LogP contribution in [0.4, 0.5) is 0 Å². The van der Waals surface area contributed by atoms with Gasteiger partial charge in [0.25, 0.3) is 0 Å². The fraction of sp³-hybridized carbons (Fsp3) is 0.545. The zero-order valence-corrected chi connectivity index (χ0v) is 10.3. The standard InChI is InChI=1S/C11H13ClN4O/c1-17-11-9-10(13-6-14-11)16(7-2-3-7)8(15-9)4-5-12/h6-7H,2-5H2,1H3. The zero-order chi connectivity index (χ0) is 11.8. The third-order valence-electron chi connectivity index (χ3n) is 2.94. The molecule has 6 heteroatoms. The van der Waals surface area contributed by atoms with Crippen LogP contribution in [-0.2, 0) is 6.42 Å². The predicted octanol–water partition coefficient (Wildman–Crippen LogP) is 1.95. The number of aryl methyl sites for hydroxylation is 1. The molecule has 0 amide bonds. The minimum atomic E-state index is 0.526. The maximum Gasteiger partial charge on any atom is 0.245 e. The Bertz CT molecular complexity index is 550. The molecule has 0 aliphatic heterocycles. The number of nitrogens with zero attached hydrogens (tertiary/aromatic N) is 4. The zero-order valence-electron chi connectivity index (χ0n) is 9.56. The fourth-order valence-corrected chi connectivity index (χ4v) is 2.23. The average Bonchev–Trinajstić information content (AvgIpc) is 3.11. The normalized spacial score (nSPS) is 15.4. The van der Waals surface area contributed by atoms with E-state index in [0.29, 0.717) is 17.8 Å². The Hall–Kier alpha value is -1.36. The lowest BCUT2D eigenvalue weighted by atomic mass is 10.4. The number of hydrogen-bond donors (Lipinski definition) is 0. The lowest BCUT2D eigenvalue weighted by molar-refractivity contribution is 0.401. The van der Waals surface area contributed by atoms with Gasteiger partial charge in [-0.3, -0.25) is 0 Å². The smallest absolute Gasteiger partial charge is 0.245 e. The Morgan fingerprint density at radius 2 is 2.29 bits per heavy atom. The van der Waals surface area contributed by atoms with E-state index in [0.717, 1.165) is 23.4 Å². The molecule has 3 rings (SSSR count). The highest BCUT2D eigenvalue weighted by Gasteiger charge is 2.29. The van der Waals surface area contributed by atoms with Crippen molar-refractivity contribution in [1.82, 2.24) is 19.5 Å². The van der Waals surface area contributed by atoms with Crippen LogP contribution >= 0.6 is 11.6 Å². The number of aromatic nitrogens is 4. The number of alkyl halides is 1. The van der Waals surface area contributed by atoms with Crippen molar-refractivity contribution in [2.45, 2.75) is 25.3 Å². The van der Waals surface area contributed by atoms with Crippen molar-refractivity contribution in [3.8, 4) is 5.88 Å². The molecule has 90 valence electrons. The quantitative estimate of drug-likeness (QED) is 0.781. The summed E-state index contributed by atoms with van der Waals surface area (Å²) in [5, 5.41) is 0. The molecule has 2 aromatic heterocycles. The van der Waals surface area contributed by atoms with E-state index in [4.69, 9.17) is 16.3 Å². The van der Waals surface area contributed by atoms with Gasteiger partial charge >= 0.3 is 0 Å². The number of ether oxygens (including phenoxy) is 1. The van der Waals surface area contributed by atoms with Crippen molar-refractivity contribution in [3.05, 3.63) is 12.2 Å². The van der Waals surface area contributed by atoms with Gasteiger partial charge in [0.15, 0.2) is 11.2 Å². The molecule has 0 atom stereocenters. The van der Waals surface area contributed by atoms with E-state index in [1.54, 1.807) is 7.11 Å². The lowest BCUT2D eigenvalue weighted by Crippen LogP contribution is -2.03. The van der Waals surface area contributed by atoms with E-state index < -0.39 is 0 Å². The summed E-state index contributed by atoms with van der Waals surface area (Å²) in [6.07, 6.45) is 4.64. The van der Waals surface area contributed by atoms with Crippen LogP contribution in [0.2, 0.25) is 0 Å². The van der Waals surface area contributed by atoms with Gasteiger partial charge in [0.2, 0.25) is 5.88 Å². The molecule has 0 saturated heterocycles. The Balaban J connectivity index is 2.22. The van der Waals surface area contributed by atoms with Gasteiger partial charge < -0.3 is 9.30 Å². The van der Waals surface area contributed by atoms with Gasteiger partial charge in [0.05, 0.1) is 7.11 Å². The molecular weight excluding hydrogens is 240 g/mol. The first-order valence-electron chi connectivity index (χ1n) is 5.67. The summed E-state index contributed by atoms with van der Waals surface area (Å²) in [4.78, 5) is 13.0. The summed E-state index contributed by atoms with van der Waals surface area (Å²) in [6.45, 7) is 0. The monoisotopic (exact) mass is 252 g/mol. The molecule has 0 bridgehead atoms. The summed E-state index contributed by atoms with van der Waals surface area (Å²) in [6, 6.07) is 0.526. The molecule has 0 unspecified atom stereocenters. The Kier molecular flexibility index (Phi) is 2.63. The van der Waals surface area contributed by atoms with Gasteiger partial charge in [0.1, 0.15) is 12.2 Å². The number of halogens is 1. The van der Waals surface area contributed by atoms with Crippen molar-refractivity contribution in [3.63, 3.8) is 0 Å². The number of fused-ring (bicyclic) bond motifs is 1. The first-order valence-corrected chi connectivity index (χ1v) is 6.20. The van der Waals surface area contributed by atoms with Gasteiger partial charge in [-0.1, -0.05) is 0 Å². The molecular formula is C11H13ClN4O. The van der Waals surface area contributed by atoms with Crippen LogP contribution < -0.4 is 4.74 Å². The molecule has 1 saturated carbocycles. The third kappa shape index (κ3) is 1.74. The molecule has 2 aromatic rings. The molecule has 0 aromatic carbocycles. The summed E-state index contributed by atoms with van der Waals surface area (Å²) < 4.78 is 7.40. The first-order chi connectivity index (χ1) is 8.35. The summed E-state index contributed by atoms with van der Waals surface area (Å²) in [5.74, 6) is 2.08. The molecule has 1 aliphatic rings. The molecule has 0 N–H and O–H groups in total. The van der Waals surface area contributed by atoms with Crippen LogP contribution in [0.25, 0.3) is 11.2 Å². The number of rotatable bonds is 4. The number of hydrogen-bond acceptors (Lipinski definition) is 4. The Morgan fingerprint density at radius 3 is 2.94 bits per heavy atom. The summed E-state index contributed by atoms with van der Waals surface area (Å²) >= 11 is 5.81. The third-order valence-corrected chi connectivity index (χ3v) is 3.13. The van der Waals surface area contributed by atoms with Crippen LogP contribution in [0.5, 0.6) is 5.88 Å². The highest BCUT2D eigenvalue weighted by molar-refractivity contribution is 6.17. The maximum absolute atomic E-state index is 5.81. The largest absolute Gasteiger partial charge is 0.479 e. The highest BCUT2D eigenvalue weighted by atomic mass is 35.5. The second-order valence-electron chi connectivity index (χ2n) is 4.12. The second kappa shape index (κ2) is 4.14. The van der Waals surface area contributed by atoms with E-state index in [2.05, 4.69) is 19.5 Å².